The van der Waals surface area contributed by atoms with Gasteiger partial charge in [0.25, 0.3) is 11.8 Å². The maximum atomic E-state index is 12.8. The van der Waals surface area contributed by atoms with Gasteiger partial charge in [0.1, 0.15) is 0 Å². The molecule has 0 saturated carbocycles. The van der Waals surface area contributed by atoms with Gasteiger partial charge in [-0.3, -0.25) is 9.59 Å². The molecule has 5 nitrogen and oxygen atoms in total. The Hall–Kier alpha value is -2.37. The van der Waals surface area contributed by atoms with E-state index in [2.05, 4.69) is 5.32 Å². The summed E-state index contributed by atoms with van der Waals surface area (Å²) in [7, 11) is 1.60. The van der Waals surface area contributed by atoms with E-state index < -0.39 is 0 Å². The van der Waals surface area contributed by atoms with Crippen molar-refractivity contribution >= 4 is 29.1 Å². The number of nitrogens with zero attached hydrogens (tertiary/aromatic N) is 1. The Kier molecular flexibility index (Phi) is 5.06. The van der Waals surface area contributed by atoms with Crippen molar-refractivity contribution in [1.82, 2.24) is 4.90 Å². The summed E-state index contributed by atoms with van der Waals surface area (Å²) < 4.78 is 5.05. The van der Waals surface area contributed by atoms with Gasteiger partial charge in [0.15, 0.2) is 0 Å². The van der Waals surface area contributed by atoms with E-state index in [1.165, 1.54) is 0 Å². The van der Waals surface area contributed by atoms with Crippen LogP contribution in [0.1, 0.15) is 31.8 Å². The van der Waals surface area contributed by atoms with Crippen molar-refractivity contribution in [3.05, 3.63) is 63.7 Å². The van der Waals surface area contributed by atoms with E-state index in [1.807, 2.05) is 13.0 Å². The number of rotatable bonds is 5. The Morgan fingerprint density at radius 1 is 1.28 bits per heavy atom. The topological polar surface area (TPSA) is 58.6 Å². The minimum atomic E-state index is -0.316. The van der Waals surface area contributed by atoms with E-state index in [1.54, 1.807) is 42.3 Å². The van der Waals surface area contributed by atoms with Crippen molar-refractivity contribution in [3.8, 4) is 0 Å². The van der Waals surface area contributed by atoms with Gasteiger partial charge in [0, 0.05) is 30.9 Å². The lowest BCUT2D eigenvalue weighted by Crippen LogP contribution is -2.28. The molecular weight excluding hydrogens is 340 g/mol. The van der Waals surface area contributed by atoms with Gasteiger partial charge >= 0.3 is 0 Å². The van der Waals surface area contributed by atoms with Crippen molar-refractivity contribution in [3.63, 3.8) is 0 Å². The molecule has 0 fully saturated rings. The quantitative estimate of drug-likeness (QED) is 0.889. The molecule has 0 spiro atoms. The average molecular weight is 359 g/mol. The normalized spacial score (nSPS) is 13.1. The Bertz CT molecular complexity index is 835. The molecular formula is C19H19ClN2O3. The van der Waals surface area contributed by atoms with Gasteiger partial charge in [-0.1, -0.05) is 29.8 Å². The van der Waals surface area contributed by atoms with Crippen molar-refractivity contribution in [2.45, 2.75) is 13.5 Å². The highest BCUT2D eigenvalue weighted by Crippen LogP contribution is 2.28. The van der Waals surface area contributed by atoms with Crippen LogP contribution in [0.4, 0.5) is 5.69 Å². The van der Waals surface area contributed by atoms with Gasteiger partial charge in [-0.05, 0) is 36.2 Å². The van der Waals surface area contributed by atoms with E-state index in [0.29, 0.717) is 41.5 Å². The molecule has 0 saturated heterocycles. The second kappa shape index (κ2) is 7.25. The molecule has 6 heteroatoms. The molecule has 1 N–H and O–H groups in total. The second-order valence-electron chi connectivity index (χ2n) is 5.93. The molecule has 2 amide bonds. The summed E-state index contributed by atoms with van der Waals surface area (Å²) in [6.45, 7) is 3.29. The second-order valence-corrected chi connectivity index (χ2v) is 6.33. The predicted molar refractivity (Wildman–Crippen MR) is 97.2 cm³/mol. The smallest absolute Gasteiger partial charge is 0.256 e. The molecule has 0 bridgehead atoms. The molecule has 2 aromatic carbocycles. The first kappa shape index (κ1) is 17.5. The van der Waals surface area contributed by atoms with Crippen LogP contribution < -0.4 is 5.32 Å². The third-order valence-corrected chi connectivity index (χ3v) is 4.75. The van der Waals surface area contributed by atoms with Crippen LogP contribution in [0.2, 0.25) is 5.02 Å². The lowest BCUT2D eigenvalue weighted by molar-refractivity contribution is 0.0716. The number of amides is 2. The summed E-state index contributed by atoms with van der Waals surface area (Å²) in [5, 5.41) is 3.44. The zero-order chi connectivity index (χ0) is 18.0. The molecule has 0 radical (unpaired) electrons. The summed E-state index contributed by atoms with van der Waals surface area (Å²) in [5.41, 5.74) is 3.13. The molecule has 0 unspecified atom stereocenters. The molecule has 0 aromatic heterocycles. The number of hydrogen-bond donors (Lipinski definition) is 1. The van der Waals surface area contributed by atoms with Crippen molar-refractivity contribution in [1.29, 1.82) is 0 Å². The maximum Gasteiger partial charge on any atom is 0.256 e. The Morgan fingerprint density at radius 2 is 2.04 bits per heavy atom. The Labute approximate surface area is 151 Å². The monoisotopic (exact) mass is 358 g/mol. The molecule has 2 aromatic rings. The van der Waals surface area contributed by atoms with Crippen LogP contribution in [0.25, 0.3) is 0 Å². The van der Waals surface area contributed by atoms with Crippen LogP contribution in [0.3, 0.4) is 0 Å². The molecule has 0 atom stereocenters. The largest absolute Gasteiger partial charge is 0.383 e. The van der Waals surface area contributed by atoms with Crippen molar-refractivity contribution in [2.75, 3.05) is 25.6 Å². The minimum Gasteiger partial charge on any atom is -0.383 e. The fourth-order valence-electron chi connectivity index (χ4n) is 2.92. The summed E-state index contributed by atoms with van der Waals surface area (Å²) in [6, 6.07) is 10.7. The van der Waals surface area contributed by atoms with Gasteiger partial charge in [-0.25, -0.2) is 0 Å². The Morgan fingerprint density at radius 3 is 2.80 bits per heavy atom. The van der Waals surface area contributed by atoms with Gasteiger partial charge in [0.05, 0.1) is 17.7 Å². The highest BCUT2D eigenvalue weighted by atomic mass is 35.5. The first-order chi connectivity index (χ1) is 12.0. The Balaban J connectivity index is 1.88. The van der Waals surface area contributed by atoms with Crippen LogP contribution in [-0.4, -0.2) is 37.0 Å². The van der Waals surface area contributed by atoms with E-state index in [4.69, 9.17) is 16.3 Å². The van der Waals surface area contributed by atoms with E-state index in [-0.39, 0.29) is 11.8 Å². The number of anilines is 1. The lowest BCUT2D eigenvalue weighted by Gasteiger charge is -2.15. The van der Waals surface area contributed by atoms with Crippen molar-refractivity contribution < 1.29 is 14.3 Å². The SMILES string of the molecule is COCCN1Cc2cccc(C(=O)Nc3cccc(Cl)c3C)c2C1=O. The highest BCUT2D eigenvalue weighted by molar-refractivity contribution is 6.31. The number of carbonyl (C=O) groups is 2. The molecule has 25 heavy (non-hydrogen) atoms. The average Bonchev–Trinajstić information content (AvgIpc) is 2.93. The molecule has 1 aliphatic heterocycles. The number of hydrogen-bond acceptors (Lipinski definition) is 3. The molecule has 1 heterocycles. The fourth-order valence-corrected chi connectivity index (χ4v) is 3.10. The zero-order valence-corrected chi connectivity index (χ0v) is 14.9. The van der Waals surface area contributed by atoms with Crippen LogP contribution in [-0.2, 0) is 11.3 Å². The van der Waals surface area contributed by atoms with E-state index in [0.717, 1.165) is 11.1 Å². The molecule has 130 valence electrons. The van der Waals surface area contributed by atoms with Gasteiger partial charge in [-0.15, -0.1) is 0 Å². The lowest BCUT2D eigenvalue weighted by atomic mass is 10.0. The maximum absolute atomic E-state index is 12.8. The van der Waals surface area contributed by atoms with Gasteiger partial charge < -0.3 is 15.0 Å². The number of benzene rings is 2. The van der Waals surface area contributed by atoms with Gasteiger partial charge in [-0.2, -0.15) is 0 Å². The number of fused-ring (bicyclic) bond motifs is 1. The fraction of sp³-hybridized carbons (Fsp3) is 0.263. The number of nitrogens with one attached hydrogen (secondary N) is 1. The third kappa shape index (κ3) is 3.38. The molecule has 0 aliphatic carbocycles. The number of carbonyl (C=O) groups excluding carboxylic acids is 2. The zero-order valence-electron chi connectivity index (χ0n) is 14.1. The van der Waals surface area contributed by atoms with Gasteiger partial charge in [0.2, 0.25) is 0 Å². The van der Waals surface area contributed by atoms with E-state index >= 15 is 0 Å². The number of ether oxygens (including phenoxy) is 1. The standard InChI is InChI=1S/C19H19ClN2O3/c1-12-15(20)7-4-8-16(12)21-18(23)14-6-3-5-13-11-22(9-10-25-2)19(24)17(13)14/h3-8H,9-11H2,1-2H3,(H,21,23). The number of methoxy groups -OCH3 is 1. The number of halogens is 1. The molecule has 1 aliphatic rings. The summed E-state index contributed by atoms with van der Waals surface area (Å²) >= 11 is 6.10. The highest BCUT2D eigenvalue weighted by Gasteiger charge is 2.31. The third-order valence-electron chi connectivity index (χ3n) is 4.34. The predicted octanol–water partition coefficient (Wildman–Crippen LogP) is 3.50. The minimum absolute atomic E-state index is 0.138. The van der Waals surface area contributed by atoms with Crippen molar-refractivity contribution in [2.24, 2.45) is 0 Å². The first-order valence-electron chi connectivity index (χ1n) is 7.99. The van der Waals surface area contributed by atoms with Crippen LogP contribution in [0, 0.1) is 6.92 Å². The van der Waals surface area contributed by atoms with Crippen LogP contribution in [0.15, 0.2) is 36.4 Å². The summed E-state index contributed by atoms with van der Waals surface area (Å²) in [5.74, 6) is -0.454. The molecule has 3 rings (SSSR count). The van der Waals surface area contributed by atoms with E-state index in [9.17, 15) is 9.59 Å². The van der Waals surface area contributed by atoms with Crippen LogP contribution in [0.5, 0.6) is 0 Å². The summed E-state index contributed by atoms with van der Waals surface area (Å²) in [4.78, 5) is 27.1. The summed E-state index contributed by atoms with van der Waals surface area (Å²) in [6.07, 6.45) is 0. The van der Waals surface area contributed by atoms with Crippen LogP contribution >= 0.6 is 11.6 Å². The first-order valence-corrected chi connectivity index (χ1v) is 8.37.